The maximum absolute atomic E-state index is 14.3. The minimum absolute atomic E-state index is 0.00533. The lowest BCUT2D eigenvalue weighted by atomic mass is 9.82. The van der Waals surface area contributed by atoms with Crippen LogP contribution >= 0.6 is 0 Å². The zero-order valence-electron chi connectivity index (χ0n) is 72.4. The molecule has 0 spiro atoms. The highest BCUT2D eigenvalue weighted by Crippen LogP contribution is 2.33. The smallest absolute Gasteiger partial charge is 0.305 e. The number of rotatable bonds is 58. The van der Waals surface area contributed by atoms with E-state index in [0.29, 0.717) is 70.6 Å². The van der Waals surface area contributed by atoms with Gasteiger partial charge in [-0.1, -0.05) is 44.9 Å². The number of hydrogen-bond acceptors (Lipinski definition) is 33. The second kappa shape index (κ2) is 58.7. The highest BCUT2D eigenvalue weighted by molar-refractivity contribution is 5.81. The molecule has 3 saturated heterocycles. The second-order valence-corrected chi connectivity index (χ2v) is 30.1. The highest BCUT2D eigenvalue weighted by atomic mass is 16.7. The monoisotopic (exact) mass is 1730 g/mol. The van der Waals surface area contributed by atoms with Crippen molar-refractivity contribution in [3.8, 4) is 0 Å². The Morgan fingerprint density at radius 2 is 0.545 bits per heavy atom. The number of esters is 10. The molecule has 3 rings (SSSR count). The number of methoxy groups -OCH3 is 1. The molecule has 0 aromatic heterocycles. The Morgan fingerprint density at radius 1 is 0.289 bits per heavy atom. The van der Waals surface area contributed by atoms with Crippen molar-refractivity contribution in [2.45, 2.75) is 347 Å². The molecule has 0 bridgehead atoms. The SMILES string of the molecule is COC(=O)CCCCCCCCCCCC(=O)NC(CCC(=O)NCCCCCO[C@@H]1OC(COC(C)=O)[C@H](OC(C)=O)C(OC(C)=O)C1NC(C)=O)(CCC(=O)NCCCCCO[C@@H]1OC(COC(C)=O)[C@H](OC(C)=O)C(OC(C)=O)C1NC(C)=O)CCC(=O)NCCCCCO[C@@H]1OC(COC(C)=O)[C@H](OC(C)=O)C(OC(C)=O)C1NC(C)=O. The molecule has 7 amide bonds. The number of hydrogen-bond donors (Lipinski definition) is 7. The van der Waals surface area contributed by atoms with Crippen LogP contribution in [0.15, 0.2) is 0 Å². The van der Waals surface area contributed by atoms with Crippen LogP contribution in [0.2, 0.25) is 0 Å². The van der Waals surface area contributed by atoms with Gasteiger partial charge in [-0.25, -0.2) is 0 Å². The lowest BCUT2D eigenvalue weighted by Crippen LogP contribution is -2.66. The second-order valence-electron chi connectivity index (χ2n) is 30.1. The Morgan fingerprint density at radius 3 is 0.802 bits per heavy atom. The van der Waals surface area contributed by atoms with E-state index in [1.165, 1.54) is 27.9 Å². The van der Waals surface area contributed by atoms with Crippen LogP contribution < -0.4 is 37.2 Å². The Balaban J connectivity index is 1.86. The van der Waals surface area contributed by atoms with Gasteiger partial charge in [0.1, 0.15) is 56.3 Å². The molecule has 3 aliphatic rings. The number of amides is 7. The summed E-state index contributed by atoms with van der Waals surface area (Å²) in [4.78, 5) is 215. The van der Waals surface area contributed by atoms with Gasteiger partial charge in [-0.15, -0.1) is 0 Å². The van der Waals surface area contributed by atoms with E-state index in [0.717, 1.165) is 114 Å². The molecule has 40 nitrogen and oxygen atoms in total. The van der Waals surface area contributed by atoms with Crippen LogP contribution in [0, 0.1) is 0 Å². The van der Waals surface area contributed by atoms with E-state index >= 15 is 0 Å². The summed E-state index contributed by atoms with van der Waals surface area (Å²) in [5.74, 6) is -10.1. The van der Waals surface area contributed by atoms with E-state index in [4.69, 9.17) is 75.8 Å². The van der Waals surface area contributed by atoms with Crippen molar-refractivity contribution in [2.75, 3.05) is 66.4 Å². The molecule has 688 valence electrons. The van der Waals surface area contributed by atoms with Crippen LogP contribution in [0.3, 0.4) is 0 Å². The van der Waals surface area contributed by atoms with E-state index in [1.54, 1.807) is 0 Å². The van der Waals surface area contributed by atoms with E-state index in [9.17, 15) is 81.5 Å². The molecule has 40 heteroatoms. The summed E-state index contributed by atoms with van der Waals surface area (Å²) in [5, 5.41) is 19.9. The average Bonchev–Trinajstić information content (AvgIpc) is 0.776. The highest BCUT2D eigenvalue weighted by Gasteiger charge is 2.54. The topological polar surface area (TPSA) is 522 Å². The van der Waals surface area contributed by atoms with Gasteiger partial charge in [0.2, 0.25) is 41.4 Å². The Bertz CT molecular complexity index is 3030. The largest absolute Gasteiger partial charge is 0.469 e. The van der Waals surface area contributed by atoms with Crippen LogP contribution in [0.4, 0.5) is 0 Å². The van der Waals surface area contributed by atoms with Crippen molar-refractivity contribution < 1.29 is 157 Å². The summed E-state index contributed by atoms with van der Waals surface area (Å²) in [6.07, 6.45) is -3.84. The molecule has 9 unspecified atom stereocenters. The minimum Gasteiger partial charge on any atom is -0.469 e. The van der Waals surface area contributed by atoms with Gasteiger partial charge >= 0.3 is 59.7 Å². The fourth-order valence-electron chi connectivity index (χ4n) is 13.9. The fourth-order valence-corrected chi connectivity index (χ4v) is 13.9. The zero-order chi connectivity index (χ0) is 90.0. The summed E-state index contributed by atoms with van der Waals surface area (Å²) in [6, 6.07) is -3.54. The third-order valence-electron chi connectivity index (χ3n) is 19.4. The van der Waals surface area contributed by atoms with E-state index in [-0.39, 0.29) is 96.3 Å². The lowest BCUT2D eigenvalue weighted by Gasteiger charge is -2.44. The Hall–Kier alpha value is -9.25. The van der Waals surface area contributed by atoms with E-state index in [2.05, 4.69) is 37.2 Å². The molecule has 0 aromatic rings. The normalized spacial score (nSPS) is 22.8. The summed E-state index contributed by atoms with van der Waals surface area (Å²) in [5.41, 5.74) is -1.30. The summed E-state index contributed by atoms with van der Waals surface area (Å²) >= 11 is 0. The predicted molar refractivity (Wildman–Crippen MR) is 422 cm³/mol. The molecule has 7 N–H and O–H groups in total. The molecule has 0 aliphatic carbocycles. The van der Waals surface area contributed by atoms with E-state index in [1.807, 2.05) is 0 Å². The van der Waals surface area contributed by atoms with Crippen LogP contribution in [0.25, 0.3) is 0 Å². The molecule has 15 atom stereocenters. The minimum atomic E-state index is -1.32. The van der Waals surface area contributed by atoms with Crippen LogP contribution in [-0.4, -0.2) is 265 Å². The molecule has 3 fully saturated rings. The molecular weight excluding hydrogens is 1600 g/mol. The first-order valence-electron chi connectivity index (χ1n) is 41.7. The van der Waals surface area contributed by atoms with Gasteiger partial charge in [0.15, 0.2) is 55.5 Å². The van der Waals surface area contributed by atoms with Crippen molar-refractivity contribution in [3.05, 3.63) is 0 Å². The number of unbranched alkanes of at least 4 members (excludes halogenated alkanes) is 14. The van der Waals surface area contributed by atoms with Crippen molar-refractivity contribution in [1.82, 2.24) is 37.2 Å². The van der Waals surface area contributed by atoms with Crippen molar-refractivity contribution >= 4 is 101 Å². The third-order valence-corrected chi connectivity index (χ3v) is 19.4. The van der Waals surface area contributed by atoms with Crippen LogP contribution in [0.1, 0.15) is 250 Å². The van der Waals surface area contributed by atoms with Crippen molar-refractivity contribution in [2.24, 2.45) is 0 Å². The standard InChI is InChI=1S/C81H131N7O33/c1-49(89)85-69-75(116-58(10)98)72(113-55(7)95)61(46-110-52(4)92)119-78(69)107-43-29-21-26-40-82-64(101)34-37-81(88-67(104)32-24-19-17-15-14-16-18-20-25-33-68(105)106-13,38-35-65(102)83-41-27-22-30-44-108-79-70(86-50(2)90)76(117-59(11)99)73(114-56(8)96)62(120-79)47-111-53(5)93)39-36-66(103)84-42-28-23-31-45-109-80-71(87-51(3)91)77(118-60(12)100)74(115-57(9)97)63(121-80)48-112-54(6)94/h61-63,69-80H,14-48H2,1-13H3,(H,82,101)(H,83,102)(H,84,103)(H,85,89)(H,86,90)(H,87,91)(H,88,104)/t61?,62?,63?,69?,70?,71?,72-,73-,74-,75?,76?,77?,78+,79+,80+,81?/m0/s1. The van der Waals surface area contributed by atoms with Crippen molar-refractivity contribution in [3.63, 3.8) is 0 Å². The van der Waals surface area contributed by atoms with Gasteiger partial charge in [0.05, 0.1) is 7.11 Å². The number of ether oxygens (including phenoxy) is 16. The molecule has 0 saturated carbocycles. The van der Waals surface area contributed by atoms with Gasteiger partial charge in [0.25, 0.3) is 0 Å². The first-order valence-corrected chi connectivity index (χ1v) is 41.7. The van der Waals surface area contributed by atoms with Gasteiger partial charge < -0.3 is 113 Å². The first kappa shape index (κ1) is 106. The van der Waals surface area contributed by atoms with Gasteiger partial charge in [-0.05, 0) is 89.9 Å². The van der Waals surface area contributed by atoms with Crippen LogP contribution in [0.5, 0.6) is 0 Å². The predicted octanol–water partition coefficient (Wildman–Crippen LogP) is 3.52. The lowest BCUT2D eigenvalue weighted by molar-refractivity contribution is -0.277. The molecule has 3 heterocycles. The number of carbonyl (C=O) groups excluding carboxylic acids is 17. The van der Waals surface area contributed by atoms with E-state index < -0.39 is 206 Å². The zero-order valence-corrected chi connectivity index (χ0v) is 72.4. The molecule has 121 heavy (non-hydrogen) atoms. The fraction of sp³-hybridized carbons (Fsp3) is 0.790. The molecule has 3 aliphatic heterocycles. The average molecular weight is 1730 g/mol. The summed E-state index contributed by atoms with van der Waals surface area (Å²) in [7, 11) is 1.36. The number of nitrogens with one attached hydrogen (secondary N) is 7. The van der Waals surface area contributed by atoms with Gasteiger partial charge in [-0.3, -0.25) is 81.5 Å². The number of carbonyl (C=O) groups is 17. The Labute approximate surface area is 706 Å². The van der Waals surface area contributed by atoms with Crippen LogP contribution in [-0.2, 0) is 157 Å². The summed E-state index contributed by atoms with van der Waals surface area (Å²) in [6.45, 7) is 13.2. The quantitative estimate of drug-likeness (QED) is 0.0260. The van der Waals surface area contributed by atoms with Crippen molar-refractivity contribution in [1.29, 1.82) is 0 Å². The maximum atomic E-state index is 14.3. The first-order chi connectivity index (χ1) is 57.4. The molecule has 0 aromatic carbocycles. The van der Waals surface area contributed by atoms with Gasteiger partial charge in [-0.2, -0.15) is 0 Å². The molecule has 0 radical (unpaired) electrons. The Kier molecular flexibility index (Phi) is 51.4. The third kappa shape index (κ3) is 44.9. The molecular formula is C81H131N7O33. The summed E-state index contributed by atoms with van der Waals surface area (Å²) < 4.78 is 90.0. The maximum Gasteiger partial charge on any atom is 0.305 e. The van der Waals surface area contributed by atoms with Gasteiger partial charge in [0, 0.05) is 160 Å².